The molecule has 11 aromatic carbocycles. The molecular weight excluding hydrogens is 946 g/mol. The zero-order valence-corrected chi connectivity index (χ0v) is 42.4. The van der Waals surface area contributed by atoms with E-state index in [4.69, 9.17) is 11.4 Å². The molecule has 14 aromatic rings. The normalized spacial score (nSPS) is 11.2. The van der Waals surface area contributed by atoms with Gasteiger partial charge in [-0.1, -0.05) is 224 Å². The SMILES string of the molecule is c1ccc(-c2c3ccccc3c(-c3ccccc3)c3c(-c4ccccc4)c4ccccc4c(-c4ccccc4)c23)cc1.c1cnc2c([O][Al]([O]c3cccc4cccnc34)[O]c3cccc4cccnc34)cccc2c1. The highest BCUT2D eigenvalue weighted by Crippen LogP contribution is 2.53. The number of hydrogen-bond donors (Lipinski definition) is 0. The van der Waals surface area contributed by atoms with E-state index in [2.05, 4.69) is 185 Å². The molecule has 0 aliphatic heterocycles. The van der Waals surface area contributed by atoms with E-state index < -0.39 is 15.1 Å². The lowest BCUT2D eigenvalue weighted by Crippen LogP contribution is -2.37. The highest BCUT2D eigenvalue weighted by atomic mass is 27.3. The summed E-state index contributed by atoms with van der Waals surface area (Å²) in [5, 5.41) is 10.6. The van der Waals surface area contributed by atoms with Gasteiger partial charge in [0.05, 0.1) is 0 Å². The van der Waals surface area contributed by atoms with Crippen molar-refractivity contribution in [1.82, 2.24) is 15.0 Å². The van der Waals surface area contributed by atoms with E-state index in [9.17, 15) is 0 Å². The van der Waals surface area contributed by atoms with Gasteiger partial charge < -0.3 is 11.4 Å². The molecule has 0 N–H and O–H groups in total. The average Bonchev–Trinajstić information content (AvgIpc) is 3.50. The van der Waals surface area contributed by atoms with Crippen LogP contribution in [-0.4, -0.2) is 30.1 Å². The fourth-order valence-corrected chi connectivity index (χ4v) is 12.0. The van der Waals surface area contributed by atoms with Crippen molar-refractivity contribution in [2.24, 2.45) is 0 Å². The Kier molecular flexibility index (Phi) is 12.6. The van der Waals surface area contributed by atoms with Gasteiger partial charge in [-0.25, -0.2) is 0 Å². The van der Waals surface area contributed by atoms with E-state index in [-0.39, 0.29) is 0 Å². The minimum atomic E-state index is -2.86. The van der Waals surface area contributed by atoms with Crippen LogP contribution in [-0.2, 0) is 0 Å². The molecule has 3 heterocycles. The topological polar surface area (TPSA) is 66.4 Å². The predicted molar refractivity (Wildman–Crippen MR) is 314 cm³/mol. The van der Waals surface area contributed by atoms with E-state index in [1.165, 1.54) is 76.8 Å². The van der Waals surface area contributed by atoms with E-state index in [1.807, 2.05) is 91.0 Å². The number of fused-ring (bicyclic) bond motifs is 6. The monoisotopic (exact) mass is 991 g/mol. The Morgan fingerprint density at radius 1 is 0.237 bits per heavy atom. The van der Waals surface area contributed by atoms with Crippen molar-refractivity contribution < 1.29 is 11.4 Å². The lowest BCUT2D eigenvalue weighted by molar-refractivity contribution is 0.311. The summed E-state index contributed by atoms with van der Waals surface area (Å²) < 4.78 is 19.2. The molecule has 14 rings (SSSR count). The van der Waals surface area contributed by atoms with Gasteiger partial charge in [0.25, 0.3) is 0 Å². The van der Waals surface area contributed by atoms with Crippen LogP contribution in [0.2, 0.25) is 0 Å². The largest absolute Gasteiger partial charge is 1.20 e. The summed E-state index contributed by atoms with van der Waals surface area (Å²) in [5.41, 5.74) is 12.3. The summed E-state index contributed by atoms with van der Waals surface area (Å²) in [6, 6.07) is 90.8. The zero-order valence-electron chi connectivity index (χ0n) is 41.2. The van der Waals surface area contributed by atoms with Gasteiger partial charge >= 0.3 is 15.1 Å². The highest BCUT2D eigenvalue weighted by Gasteiger charge is 2.46. The summed E-state index contributed by atoms with van der Waals surface area (Å²) in [5.74, 6) is 1.82. The van der Waals surface area contributed by atoms with Crippen molar-refractivity contribution in [2.45, 2.75) is 0 Å². The lowest BCUT2D eigenvalue weighted by atomic mass is 9.77. The second kappa shape index (κ2) is 20.7. The number of rotatable bonds is 10. The summed E-state index contributed by atoms with van der Waals surface area (Å²) in [7, 11) is 0. The Balaban J connectivity index is 0.000000149. The van der Waals surface area contributed by atoms with Crippen molar-refractivity contribution in [2.75, 3.05) is 0 Å². The minimum Gasteiger partial charge on any atom is -0.576 e. The molecule has 358 valence electrons. The third kappa shape index (κ3) is 8.80. The van der Waals surface area contributed by atoms with Crippen molar-refractivity contribution in [1.29, 1.82) is 0 Å². The van der Waals surface area contributed by atoms with Crippen LogP contribution in [0.1, 0.15) is 0 Å². The van der Waals surface area contributed by atoms with Crippen molar-refractivity contribution in [3.8, 4) is 61.8 Å². The molecule has 0 bridgehead atoms. The number of para-hydroxylation sites is 3. The van der Waals surface area contributed by atoms with Crippen LogP contribution in [0.25, 0.3) is 110 Å². The van der Waals surface area contributed by atoms with Gasteiger partial charge in [0.1, 0.15) is 33.8 Å². The first kappa shape index (κ1) is 46.2. The Morgan fingerprint density at radius 3 is 0.763 bits per heavy atom. The second-order valence-corrected chi connectivity index (χ2v) is 19.7. The third-order valence-electron chi connectivity index (χ3n) is 13.9. The van der Waals surface area contributed by atoms with Gasteiger partial charge in [0.15, 0.2) is 0 Å². The average molecular weight is 992 g/mol. The fraction of sp³-hybridized carbons (Fsp3) is 0. The standard InChI is InChI=1S/C42H28.3C9H7NO.Al/c1-5-17-29(18-6-1)37-33-25-13-14-26-34(33)39(31-21-9-3-10-22-31)42-40(32-23-11-4-12-24-32)36-28-16-15-27-35(36)38(41(37)42)30-19-7-2-8-20-30;3*11-8-5-1-3-7-4-2-6-10-9(7)8;/h1-28H;3*1-6,11H;/q;;;;+3/p-3. The predicted octanol–water partition coefficient (Wildman–Crippen LogP) is 17.7. The molecule has 0 aliphatic rings. The number of pyridine rings is 3. The van der Waals surface area contributed by atoms with Crippen LogP contribution >= 0.6 is 0 Å². The van der Waals surface area contributed by atoms with Gasteiger partial charge in [-0.05, 0) is 113 Å². The van der Waals surface area contributed by atoms with E-state index in [1.54, 1.807) is 18.6 Å². The maximum absolute atomic E-state index is 6.41. The summed E-state index contributed by atoms with van der Waals surface area (Å²) in [6.45, 7) is 0. The molecule has 0 radical (unpaired) electrons. The molecule has 0 fully saturated rings. The van der Waals surface area contributed by atoms with E-state index in [0.29, 0.717) is 17.2 Å². The van der Waals surface area contributed by atoms with Crippen molar-refractivity contribution in [3.63, 3.8) is 0 Å². The molecular formula is C69H46AlN3O3. The fourth-order valence-electron chi connectivity index (χ4n) is 10.6. The second-order valence-electron chi connectivity index (χ2n) is 18.4. The molecule has 0 saturated heterocycles. The van der Waals surface area contributed by atoms with Gasteiger partial charge in [-0.3, -0.25) is 15.0 Å². The number of hydrogen-bond acceptors (Lipinski definition) is 6. The van der Waals surface area contributed by atoms with Crippen LogP contribution in [0, 0.1) is 0 Å². The Labute approximate surface area is 445 Å². The zero-order chi connectivity index (χ0) is 50.6. The molecule has 0 saturated carbocycles. The van der Waals surface area contributed by atoms with Crippen LogP contribution in [0.5, 0.6) is 17.2 Å². The van der Waals surface area contributed by atoms with Gasteiger partial charge in [0, 0.05) is 34.7 Å². The van der Waals surface area contributed by atoms with Crippen LogP contribution in [0.15, 0.2) is 279 Å². The van der Waals surface area contributed by atoms with Crippen molar-refractivity contribution in [3.05, 3.63) is 279 Å². The number of nitrogens with zero attached hydrogens (tertiary/aromatic N) is 3. The third-order valence-corrected chi connectivity index (χ3v) is 15.2. The number of benzene rings is 11. The van der Waals surface area contributed by atoms with Crippen LogP contribution < -0.4 is 11.4 Å². The summed E-state index contributed by atoms with van der Waals surface area (Å²) >= 11 is -2.86. The lowest BCUT2D eigenvalue weighted by Gasteiger charge is -2.25. The van der Waals surface area contributed by atoms with E-state index >= 15 is 0 Å². The van der Waals surface area contributed by atoms with Crippen molar-refractivity contribution >= 4 is 80.2 Å². The first-order chi connectivity index (χ1) is 37.7. The Bertz CT molecular complexity index is 3860. The smallest absolute Gasteiger partial charge is 0.576 e. The Hall–Kier alpha value is -9.64. The molecule has 3 aromatic heterocycles. The minimum absolute atomic E-state index is 0.608. The number of aromatic nitrogens is 3. The molecule has 7 heteroatoms. The van der Waals surface area contributed by atoms with Gasteiger partial charge in [-0.15, -0.1) is 0 Å². The maximum Gasteiger partial charge on any atom is 1.20 e. The quantitative estimate of drug-likeness (QED) is 0.100. The molecule has 0 amide bonds. The summed E-state index contributed by atoms with van der Waals surface area (Å²) in [4.78, 5) is 13.5. The van der Waals surface area contributed by atoms with Crippen LogP contribution in [0.3, 0.4) is 0 Å². The first-order valence-corrected chi connectivity index (χ1v) is 26.8. The van der Waals surface area contributed by atoms with Gasteiger partial charge in [-0.2, -0.15) is 0 Å². The molecule has 0 aliphatic carbocycles. The Morgan fingerprint density at radius 2 is 0.487 bits per heavy atom. The molecule has 0 atom stereocenters. The van der Waals surface area contributed by atoms with Gasteiger partial charge in [0.2, 0.25) is 0 Å². The molecule has 0 spiro atoms. The first-order valence-electron chi connectivity index (χ1n) is 25.4. The summed E-state index contributed by atoms with van der Waals surface area (Å²) in [6.07, 6.45) is 5.24. The molecule has 6 nitrogen and oxygen atoms in total. The highest BCUT2D eigenvalue weighted by molar-refractivity contribution is 6.40. The molecule has 76 heavy (non-hydrogen) atoms. The van der Waals surface area contributed by atoms with Crippen LogP contribution in [0.4, 0.5) is 0 Å². The molecule has 0 unspecified atom stereocenters. The van der Waals surface area contributed by atoms with E-state index in [0.717, 1.165) is 32.7 Å². The maximum atomic E-state index is 6.41.